The molecule has 0 radical (unpaired) electrons. The van der Waals surface area contributed by atoms with E-state index < -0.39 is 0 Å². The normalized spacial score (nSPS) is 15.8. The van der Waals surface area contributed by atoms with Gasteiger partial charge in [-0.3, -0.25) is 9.28 Å². The van der Waals surface area contributed by atoms with Gasteiger partial charge in [0.2, 0.25) is 5.91 Å². The maximum atomic E-state index is 13.3. The van der Waals surface area contributed by atoms with Gasteiger partial charge in [0.25, 0.3) is 0 Å². The van der Waals surface area contributed by atoms with Crippen LogP contribution in [0.5, 0.6) is 0 Å². The molecule has 0 aromatic carbocycles. The van der Waals surface area contributed by atoms with E-state index in [4.69, 9.17) is 4.99 Å². The van der Waals surface area contributed by atoms with Crippen molar-refractivity contribution in [1.29, 1.82) is 5.26 Å². The zero-order valence-corrected chi connectivity index (χ0v) is 34.3. The molecule has 0 aliphatic carbocycles. The lowest BCUT2D eigenvalue weighted by molar-refractivity contribution is -0.833. The zero-order valence-electron chi connectivity index (χ0n) is 34.3. The summed E-state index contributed by atoms with van der Waals surface area (Å²) in [5, 5.41) is 9.28. The van der Waals surface area contributed by atoms with Crippen molar-refractivity contribution in [3.63, 3.8) is 0 Å². The van der Waals surface area contributed by atoms with Crippen molar-refractivity contribution in [2.24, 2.45) is 4.99 Å². The fourth-order valence-corrected chi connectivity index (χ4v) is 8.02. The molecule has 0 aromatic heterocycles. The second-order valence-corrected chi connectivity index (χ2v) is 15.9. The molecule has 0 spiro atoms. The van der Waals surface area contributed by atoms with Crippen molar-refractivity contribution >= 4 is 11.7 Å². The van der Waals surface area contributed by atoms with E-state index in [-0.39, 0.29) is 5.91 Å². The Bertz CT molecular complexity index is 835. The van der Waals surface area contributed by atoms with Crippen LogP contribution in [0.3, 0.4) is 0 Å². The Morgan fingerprint density at radius 1 is 0.600 bits per heavy atom. The van der Waals surface area contributed by atoms with E-state index in [1.165, 1.54) is 186 Å². The molecule has 0 saturated heterocycles. The number of hydrogen-bond donors (Lipinski definition) is 0. The van der Waals surface area contributed by atoms with Crippen molar-refractivity contribution in [2.75, 3.05) is 39.3 Å². The van der Waals surface area contributed by atoms with E-state index in [0.29, 0.717) is 19.4 Å². The van der Waals surface area contributed by atoms with Crippen LogP contribution in [0.15, 0.2) is 4.99 Å². The molecular formula is C45H87N4O+. The van der Waals surface area contributed by atoms with Crippen molar-refractivity contribution in [3.05, 3.63) is 0 Å². The number of amidine groups is 1. The molecule has 0 fully saturated rings. The van der Waals surface area contributed by atoms with E-state index in [0.717, 1.165) is 56.5 Å². The Labute approximate surface area is 313 Å². The number of nitrogens with zero attached hydrogens (tertiary/aromatic N) is 4. The Morgan fingerprint density at radius 3 is 1.40 bits per heavy atom. The Balaban J connectivity index is 2.19. The standard InChI is InChI=1S/C45H87N4O/c1-4-7-9-11-13-15-17-19-21-23-25-27-29-31-33-36-44-47-39-42-49(44,6-3)43-41-48(40-35-38-46)45(50)37-34-32-30-28-26-24-22-20-18-16-14-12-10-8-5-2/h4-37,39-43H2,1-3H3/q+1. The first-order chi connectivity index (χ1) is 24.6. The maximum absolute atomic E-state index is 13.3. The van der Waals surface area contributed by atoms with Crippen molar-refractivity contribution in [1.82, 2.24) is 4.90 Å². The number of hydrogen-bond acceptors (Lipinski definition) is 3. The number of nitriles is 1. The average Bonchev–Trinajstić information content (AvgIpc) is 3.54. The molecule has 5 nitrogen and oxygen atoms in total. The zero-order chi connectivity index (χ0) is 36.2. The minimum Gasteiger partial charge on any atom is -0.336 e. The van der Waals surface area contributed by atoms with Crippen LogP contribution in [0.1, 0.15) is 233 Å². The van der Waals surface area contributed by atoms with Crippen LogP contribution >= 0.6 is 0 Å². The van der Waals surface area contributed by atoms with Crippen molar-refractivity contribution in [3.8, 4) is 6.07 Å². The molecule has 1 rings (SSSR count). The van der Waals surface area contributed by atoms with E-state index in [1.807, 2.05) is 4.90 Å². The molecule has 1 aliphatic heterocycles. The summed E-state index contributed by atoms with van der Waals surface area (Å²) in [6.45, 7) is 12.2. The van der Waals surface area contributed by atoms with Gasteiger partial charge < -0.3 is 4.90 Å². The van der Waals surface area contributed by atoms with Gasteiger partial charge in [0.15, 0.2) is 5.84 Å². The van der Waals surface area contributed by atoms with E-state index in [1.54, 1.807) is 0 Å². The highest BCUT2D eigenvalue weighted by molar-refractivity contribution is 5.77. The summed E-state index contributed by atoms with van der Waals surface area (Å²) in [6, 6.07) is 2.28. The largest absolute Gasteiger partial charge is 0.336 e. The molecule has 0 saturated carbocycles. The topological polar surface area (TPSA) is 56.5 Å². The van der Waals surface area contributed by atoms with Crippen LogP contribution in [0.2, 0.25) is 0 Å². The summed E-state index contributed by atoms with van der Waals surface area (Å²) in [5.74, 6) is 1.63. The first-order valence-electron chi connectivity index (χ1n) is 22.7. The maximum Gasteiger partial charge on any atom is 0.222 e. The van der Waals surface area contributed by atoms with Crippen molar-refractivity contribution < 1.29 is 9.28 Å². The molecule has 1 aliphatic rings. The minimum atomic E-state index is 0.254. The minimum absolute atomic E-state index is 0.254. The fourth-order valence-electron chi connectivity index (χ4n) is 8.02. The van der Waals surface area contributed by atoms with Crippen LogP contribution in [0.4, 0.5) is 0 Å². The Kier molecular flexibility index (Phi) is 32.3. The van der Waals surface area contributed by atoms with E-state index in [9.17, 15) is 10.1 Å². The summed E-state index contributed by atoms with van der Waals surface area (Å²) in [7, 11) is 0. The van der Waals surface area contributed by atoms with Gasteiger partial charge in [-0.15, -0.1) is 0 Å². The number of likely N-dealkylation sites (N-methyl/N-ethyl adjacent to an activating group) is 1. The summed E-state index contributed by atoms with van der Waals surface area (Å²) >= 11 is 0. The Hall–Kier alpha value is -1.41. The molecule has 1 atom stereocenters. The lowest BCUT2D eigenvalue weighted by atomic mass is 10.0. The second kappa shape index (κ2) is 34.7. The molecule has 5 heteroatoms. The molecule has 1 unspecified atom stereocenters. The van der Waals surface area contributed by atoms with Gasteiger partial charge in [0, 0.05) is 19.4 Å². The van der Waals surface area contributed by atoms with Gasteiger partial charge in [0.1, 0.15) is 13.1 Å². The second-order valence-electron chi connectivity index (χ2n) is 15.9. The monoisotopic (exact) mass is 700 g/mol. The third kappa shape index (κ3) is 24.7. The van der Waals surface area contributed by atoms with Gasteiger partial charge >= 0.3 is 0 Å². The highest BCUT2D eigenvalue weighted by Crippen LogP contribution is 2.22. The summed E-state index contributed by atoms with van der Waals surface area (Å²) in [4.78, 5) is 20.3. The highest BCUT2D eigenvalue weighted by atomic mass is 16.2. The van der Waals surface area contributed by atoms with Gasteiger partial charge in [-0.05, 0) is 19.8 Å². The summed E-state index contributed by atoms with van der Waals surface area (Å²) < 4.78 is 0.952. The van der Waals surface area contributed by atoms with Crippen molar-refractivity contribution in [2.45, 2.75) is 233 Å². The molecule has 0 N–H and O–H groups in total. The number of unbranched alkanes of at least 4 members (excludes halogenated alkanes) is 28. The van der Waals surface area contributed by atoms with Crippen LogP contribution in [0, 0.1) is 11.3 Å². The molecular weight excluding hydrogens is 613 g/mol. The number of quaternary nitrogens is 1. The molecule has 292 valence electrons. The molecule has 1 heterocycles. The smallest absolute Gasteiger partial charge is 0.222 e. The SMILES string of the molecule is CCCCCCCCCCCCCCCCCC(=O)N(CCC#N)CC[N+]1(CC)CCN=C1CCCCCCCCCCCCCCCCC. The lowest BCUT2D eigenvalue weighted by Crippen LogP contribution is -2.54. The van der Waals surface area contributed by atoms with E-state index in [2.05, 4.69) is 26.8 Å². The summed E-state index contributed by atoms with van der Waals surface area (Å²) in [5.41, 5.74) is 0. The van der Waals surface area contributed by atoms with Gasteiger partial charge in [-0.1, -0.05) is 194 Å². The third-order valence-electron chi connectivity index (χ3n) is 11.6. The lowest BCUT2D eigenvalue weighted by Gasteiger charge is -2.36. The summed E-state index contributed by atoms with van der Waals surface area (Å²) in [6.07, 6.45) is 43.2. The third-order valence-corrected chi connectivity index (χ3v) is 11.6. The van der Waals surface area contributed by atoms with Gasteiger partial charge in [0.05, 0.1) is 32.1 Å². The number of carbonyl (C=O) groups excluding carboxylic acids is 1. The van der Waals surface area contributed by atoms with Crippen LogP contribution in [0.25, 0.3) is 0 Å². The first kappa shape index (κ1) is 46.6. The number of aliphatic imine (C=N–C) groups is 1. The average molecular weight is 700 g/mol. The highest BCUT2D eigenvalue weighted by Gasteiger charge is 2.36. The molecule has 50 heavy (non-hydrogen) atoms. The molecule has 0 aromatic rings. The number of rotatable bonds is 38. The van der Waals surface area contributed by atoms with Crippen LogP contribution in [-0.4, -0.2) is 60.4 Å². The van der Waals surface area contributed by atoms with Gasteiger partial charge in [-0.2, -0.15) is 5.26 Å². The fraction of sp³-hybridized carbons (Fsp3) is 0.933. The predicted molar refractivity (Wildman–Crippen MR) is 219 cm³/mol. The van der Waals surface area contributed by atoms with Gasteiger partial charge in [-0.25, -0.2) is 4.99 Å². The number of amides is 1. The molecule has 1 amide bonds. The van der Waals surface area contributed by atoms with E-state index >= 15 is 0 Å². The quantitative estimate of drug-likeness (QED) is 0.0476. The van der Waals surface area contributed by atoms with Crippen LogP contribution < -0.4 is 0 Å². The molecule has 0 bridgehead atoms. The first-order valence-corrected chi connectivity index (χ1v) is 22.7. The van der Waals surface area contributed by atoms with Crippen LogP contribution in [-0.2, 0) is 4.79 Å². The predicted octanol–water partition coefficient (Wildman–Crippen LogP) is 13.5. The number of carbonyl (C=O) groups is 1. The Morgan fingerprint density at radius 2 is 1.00 bits per heavy atom.